The van der Waals surface area contributed by atoms with Crippen molar-refractivity contribution in [1.82, 2.24) is 0 Å². The summed E-state index contributed by atoms with van der Waals surface area (Å²) >= 11 is 5.70. The summed E-state index contributed by atoms with van der Waals surface area (Å²) in [5, 5.41) is 72.4. The molecule has 0 bridgehead atoms. The molecule has 682 valence electrons. The van der Waals surface area contributed by atoms with Gasteiger partial charge in [-0.2, -0.15) is 0 Å². The van der Waals surface area contributed by atoms with Gasteiger partial charge in [0.15, 0.2) is 44.4 Å². The van der Waals surface area contributed by atoms with Crippen LogP contribution in [0.5, 0.6) is 51.7 Å². The van der Waals surface area contributed by atoms with Gasteiger partial charge in [-0.1, -0.05) is 146 Å². The van der Waals surface area contributed by atoms with Crippen molar-refractivity contribution in [2.45, 2.75) is 84.6 Å². The molecule has 2 aliphatic heterocycles. The van der Waals surface area contributed by atoms with Crippen LogP contribution in [0.3, 0.4) is 0 Å². The first-order valence-electron chi connectivity index (χ1n) is 42.1. The fraction of sp³-hybridized carbons (Fsp3) is 0.321. The number of unbranched alkanes of at least 4 members (excludes halogenated alkanes) is 1. The maximum absolute atomic E-state index is 9.82. The van der Waals surface area contributed by atoms with Gasteiger partial charge in [0.1, 0.15) is 174 Å². The molecule has 9 nitrogen and oxygen atoms in total. The minimum atomic E-state index is 0.0568. The molecular weight excluding hydrogens is 1810 g/mol. The second kappa shape index (κ2) is 63.1. The van der Waals surface area contributed by atoms with Crippen LogP contribution in [0.4, 0.5) is 0 Å². The highest BCUT2D eigenvalue weighted by Crippen LogP contribution is 2.37. The predicted octanol–water partition coefficient (Wildman–Crippen LogP) is 24.0. The van der Waals surface area contributed by atoms with E-state index in [1.54, 1.807) is 77.7 Å². The summed E-state index contributed by atoms with van der Waals surface area (Å²) in [5.74, 6) is 13.3. The minimum absolute atomic E-state index is 0.0568. The highest BCUT2D eigenvalue weighted by atomic mass is 35.5. The van der Waals surface area contributed by atoms with Gasteiger partial charge in [-0.25, -0.2) is 0 Å². The summed E-state index contributed by atoms with van der Waals surface area (Å²) in [6.45, 7) is 3.94. The molecule has 2 saturated heterocycles. The monoisotopic (exact) mass is 1950 g/mol. The van der Waals surface area contributed by atoms with Crippen molar-refractivity contribution in [1.29, 1.82) is 0 Å². The molecule has 2 fully saturated rings. The van der Waals surface area contributed by atoms with Crippen molar-refractivity contribution in [3.63, 3.8) is 0 Å². The standard InChI is InChI=1S/C13H21OS.2C12H12O2S.C12H12OS.C10H12OS.C10H15OS.C10H13S.C8H10ClS.C8H10OS.C8H11S.C3H9S/c1-3-4-11-15(2)12-10-14-13-8-6-5-7-9-13;1-15(2)12-6-5-11(14)9-4-3-8(13)7-10(9)12;1-15(2)11-7-6-9(13)8-4-3-5-10(14)12(8)11;1-14(2)12-8-7-11(13)9-5-3-4-6-10(9)12;11-9-3-5-10(6-4-9)12-7-1-2-8-12;1-12(2)9-8-11-10-6-4-3-5-7-10;1-2-6-10(7-3-1)11-8-4-5-9-11;1-10(7-9)8-5-3-2-4-6-8;1-10(2)8-5-3-7(9)4-6-8;1-9(2)8-6-4-3-5-7-8;1-4(2)3/h5-9H,3-4,10-12H2,1-2H3;2*3-7H,1-2H3,(H-,13,14);3-8H,1-2H3;3-6H,1-2,7-8H2;3-7H,8-9H2,1-2H3;1-3,6-7H,4-5,8-9H2;2-6H,7H2,1H3;3-6H,1-2H3;3-7H,1-2H3;1-3H3/q+1;;;;;3*+1;;2*+1/p+5. The van der Waals surface area contributed by atoms with Crippen LogP contribution in [-0.4, -0.2) is 201 Å². The Hall–Kier alpha value is -7.02. The first-order valence-corrected chi connectivity index (χ1v) is 64.4. The van der Waals surface area contributed by atoms with Crippen molar-refractivity contribution < 1.29 is 45.2 Å². The van der Waals surface area contributed by atoms with Crippen molar-refractivity contribution in [2.24, 2.45) is 0 Å². The molecule has 0 amide bonds. The zero-order valence-electron chi connectivity index (χ0n) is 77.9. The topological polar surface area (TPSA) is 160 Å². The van der Waals surface area contributed by atoms with Gasteiger partial charge in [-0.15, -0.1) is 0 Å². The van der Waals surface area contributed by atoms with Crippen molar-refractivity contribution in [3.05, 3.63) is 297 Å². The number of hydrogen-bond acceptors (Lipinski definition) is 9. The molecule has 127 heavy (non-hydrogen) atoms. The third kappa shape index (κ3) is 43.3. The maximum Gasteiger partial charge on any atom is 0.186 e. The normalized spacial score (nSPS) is 12.5. The van der Waals surface area contributed by atoms with E-state index in [1.165, 1.54) is 108 Å². The van der Waals surface area contributed by atoms with Gasteiger partial charge >= 0.3 is 0 Å². The van der Waals surface area contributed by atoms with E-state index in [0.717, 1.165) is 62.1 Å². The number of halogens is 1. The van der Waals surface area contributed by atoms with E-state index in [0.29, 0.717) is 98.9 Å². The van der Waals surface area contributed by atoms with Crippen molar-refractivity contribution >= 4 is 164 Å². The zero-order valence-corrected chi connectivity index (χ0v) is 87.7. The largest absolute Gasteiger partial charge is 0.508 e. The van der Waals surface area contributed by atoms with Crippen LogP contribution in [0, 0.1) is 0 Å². The third-order valence-corrected chi connectivity index (χ3v) is 35.4. The molecule has 0 radical (unpaired) electrons. The Labute approximate surface area is 800 Å². The molecule has 0 spiro atoms. The van der Waals surface area contributed by atoms with Crippen LogP contribution in [0.15, 0.2) is 336 Å². The van der Waals surface area contributed by atoms with Crippen LogP contribution in [0.2, 0.25) is 0 Å². The Morgan fingerprint density at radius 2 is 0.669 bits per heavy atom. The quantitative estimate of drug-likeness (QED) is 0.0291. The van der Waals surface area contributed by atoms with Crippen molar-refractivity contribution in [2.75, 3.05) is 165 Å². The number of para-hydroxylation sites is 2. The summed E-state index contributed by atoms with van der Waals surface area (Å²) in [7, 11) is 4.09. The Balaban J connectivity index is 0.000000250. The number of aromatic hydroxyl groups is 7. The SMILES string of the molecule is CCCC[S+](C)CCOc1ccccc1.C[S+](C)C.C[S+](C)CCOc1ccccc1.C[S+](C)c1ccc(O)c2ccc(O)cc12.C[S+](C)c1ccc(O)c2cccc(O)c12.C[S+](C)c1ccc(O)c2ccccc12.C[S+](C)c1ccc(O)cc1.C[S+](C)c1ccccc1.C[S+](CCl)c1ccccc1.Oc1ccc([S+]2CCCC2)cc1.c1ccc([S+]2CCCC2)cc1. The van der Waals surface area contributed by atoms with Gasteiger partial charge < -0.3 is 45.2 Å². The Kier molecular flexibility index (Phi) is 54.9. The van der Waals surface area contributed by atoms with Crippen LogP contribution in [0.1, 0.15) is 45.4 Å². The molecular formula is C106H142ClO9S11+11. The second-order valence-corrected chi connectivity index (χ2v) is 55.8. The molecule has 13 aromatic carbocycles. The highest BCUT2D eigenvalue weighted by Gasteiger charge is 2.28. The van der Waals surface area contributed by atoms with E-state index in [2.05, 4.69) is 204 Å². The average Bonchev–Trinajstić information content (AvgIpc) is 1.20. The first-order chi connectivity index (χ1) is 60.9. The maximum atomic E-state index is 9.82. The number of rotatable bonds is 20. The number of fused-ring (bicyclic) bond motifs is 3. The third-order valence-electron chi connectivity index (χ3n) is 19.0. The number of benzene rings is 13. The Bertz CT molecular complexity index is 5070. The lowest BCUT2D eigenvalue weighted by Gasteiger charge is -2.06. The molecule has 0 aromatic heterocycles. The summed E-state index contributed by atoms with van der Waals surface area (Å²) in [6.07, 6.45) is 45.4. The molecule has 2 aliphatic rings. The first kappa shape index (κ1) is 110. The smallest absolute Gasteiger partial charge is 0.186 e. The summed E-state index contributed by atoms with van der Waals surface area (Å²) in [6, 6.07) is 96.2. The van der Waals surface area contributed by atoms with E-state index in [1.807, 2.05) is 133 Å². The molecule has 13 aromatic rings. The minimum Gasteiger partial charge on any atom is -0.508 e. The number of hydrogen-bond donors (Lipinski definition) is 7. The lowest BCUT2D eigenvalue weighted by molar-refractivity contribution is 0.343. The summed E-state index contributed by atoms with van der Waals surface area (Å²) in [4.78, 5) is 10.6. The zero-order chi connectivity index (χ0) is 93.0. The fourth-order valence-corrected chi connectivity index (χ4v) is 24.0. The lowest BCUT2D eigenvalue weighted by Crippen LogP contribution is -2.16. The molecule has 0 saturated carbocycles. The molecule has 2 unspecified atom stereocenters. The predicted molar refractivity (Wildman–Crippen MR) is 586 cm³/mol. The fourth-order valence-electron chi connectivity index (χ4n) is 12.3. The van der Waals surface area contributed by atoms with Crippen LogP contribution in [-0.2, 0) is 120 Å². The van der Waals surface area contributed by atoms with E-state index in [-0.39, 0.29) is 66.6 Å². The molecule has 15 rings (SSSR count). The molecule has 0 aliphatic carbocycles. The van der Waals surface area contributed by atoms with E-state index in [9.17, 15) is 25.5 Å². The highest BCUT2D eigenvalue weighted by molar-refractivity contribution is 7.99. The van der Waals surface area contributed by atoms with Gasteiger partial charge in [0, 0.05) is 114 Å². The number of phenolic OH excluding ortho intramolecular Hbond substituents is 7. The van der Waals surface area contributed by atoms with Crippen LogP contribution in [0.25, 0.3) is 32.3 Å². The lowest BCUT2D eigenvalue weighted by atomic mass is 10.1. The number of ether oxygens (including phenoxy) is 2. The molecule has 7 N–H and O–H groups in total. The summed E-state index contributed by atoms with van der Waals surface area (Å²) in [5.41, 5.74) is 0. The van der Waals surface area contributed by atoms with Crippen LogP contribution >= 0.6 is 11.6 Å². The van der Waals surface area contributed by atoms with Crippen molar-refractivity contribution in [3.8, 4) is 51.7 Å². The summed E-state index contributed by atoms with van der Waals surface area (Å²) < 4.78 is 11.2. The molecule has 21 heteroatoms. The Morgan fingerprint density at radius 3 is 1.10 bits per heavy atom. The Morgan fingerprint density at radius 1 is 0.307 bits per heavy atom. The number of phenols is 7. The average molecular weight is 1950 g/mol. The van der Waals surface area contributed by atoms with Crippen LogP contribution < -0.4 is 9.47 Å². The van der Waals surface area contributed by atoms with E-state index in [4.69, 9.17) is 31.3 Å². The molecule has 2 atom stereocenters. The molecule has 2 heterocycles. The van der Waals surface area contributed by atoms with Gasteiger partial charge in [-0.3, -0.25) is 0 Å². The van der Waals surface area contributed by atoms with Gasteiger partial charge in [-0.05, 0) is 241 Å². The van der Waals surface area contributed by atoms with E-state index >= 15 is 0 Å². The number of alkyl halides is 1. The van der Waals surface area contributed by atoms with Gasteiger partial charge in [0.2, 0.25) is 0 Å². The van der Waals surface area contributed by atoms with Gasteiger partial charge in [0.25, 0.3) is 0 Å². The van der Waals surface area contributed by atoms with Gasteiger partial charge in [0.05, 0.1) is 42.9 Å². The second-order valence-electron chi connectivity index (χ2n) is 31.0. The van der Waals surface area contributed by atoms with E-state index < -0.39 is 0 Å².